The molecule has 0 aromatic heterocycles. The summed E-state index contributed by atoms with van der Waals surface area (Å²) >= 11 is 0. The van der Waals surface area contributed by atoms with Crippen molar-refractivity contribution >= 4 is 33.0 Å². The van der Waals surface area contributed by atoms with Gasteiger partial charge >= 0.3 is 0 Å². The van der Waals surface area contributed by atoms with Crippen LogP contribution in [-0.4, -0.2) is 76.2 Å². The number of hydrogen-bond donors (Lipinski definition) is 1. The first-order chi connectivity index (χ1) is 16.3. The molecule has 0 aliphatic carbocycles. The van der Waals surface area contributed by atoms with E-state index < -0.39 is 20.9 Å². The molecule has 2 aliphatic rings. The number of hydrogen-bond acceptors (Lipinski definition) is 8. The Bertz CT molecular complexity index is 1190. The number of morpholine rings is 2. The summed E-state index contributed by atoms with van der Waals surface area (Å²) in [4.78, 5) is 25.9. The molecule has 2 fully saturated rings. The fraction of sp³-hybridized carbons (Fsp3) is 0.409. The Balaban J connectivity index is 1.69. The van der Waals surface area contributed by atoms with Crippen LogP contribution in [0.5, 0.6) is 0 Å². The van der Waals surface area contributed by atoms with Crippen LogP contribution < -0.4 is 10.2 Å². The first kappa shape index (κ1) is 24.1. The van der Waals surface area contributed by atoms with Crippen molar-refractivity contribution in [2.45, 2.75) is 11.8 Å². The number of ether oxygens (including phenoxy) is 2. The molecule has 11 nitrogen and oxygen atoms in total. The predicted molar refractivity (Wildman–Crippen MR) is 125 cm³/mol. The maximum atomic E-state index is 13.2. The van der Waals surface area contributed by atoms with Gasteiger partial charge in [0.2, 0.25) is 10.0 Å². The molecule has 182 valence electrons. The van der Waals surface area contributed by atoms with Crippen molar-refractivity contribution in [2.24, 2.45) is 0 Å². The molecule has 12 heteroatoms. The first-order valence-corrected chi connectivity index (χ1v) is 12.3. The number of benzene rings is 2. The van der Waals surface area contributed by atoms with Crippen molar-refractivity contribution in [1.29, 1.82) is 0 Å². The fourth-order valence-electron chi connectivity index (χ4n) is 3.93. The van der Waals surface area contributed by atoms with Crippen LogP contribution in [0.2, 0.25) is 0 Å². The van der Waals surface area contributed by atoms with Crippen LogP contribution in [0.25, 0.3) is 0 Å². The zero-order valence-corrected chi connectivity index (χ0v) is 19.5. The minimum absolute atomic E-state index is 0.0524. The number of anilines is 2. The highest BCUT2D eigenvalue weighted by Gasteiger charge is 2.28. The fourth-order valence-corrected chi connectivity index (χ4v) is 5.37. The van der Waals surface area contributed by atoms with Gasteiger partial charge in [0, 0.05) is 43.4 Å². The second-order valence-electron chi connectivity index (χ2n) is 8.01. The lowest BCUT2D eigenvalue weighted by molar-refractivity contribution is -0.385. The van der Waals surface area contributed by atoms with E-state index in [4.69, 9.17) is 9.47 Å². The van der Waals surface area contributed by atoms with Gasteiger partial charge in [-0.2, -0.15) is 4.31 Å². The maximum absolute atomic E-state index is 13.2. The van der Waals surface area contributed by atoms with E-state index in [9.17, 15) is 23.3 Å². The highest BCUT2D eigenvalue weighted by atomic mass is 32.2. The van der Waals surface area contributed by atoms with E-state index in [0.717, 1.165) is 0 Å². The van der Waals surface area contributed by atoms with Crippen molar-refractivity contribution in [3.8, 4) is 0 Å². The van der Waals surface area contributed by atoms with Gasteiger partial charge in [-0.15, -0.1) is 0 Å². The predicted octanol–water partition coefficient (Wildman–Crippen LogP) is 2.01. The molecule has 34 heavy (non-hydrogen) atoms. The average molecular weight is 491 g/mol. The van der Waals surface area contributed by atoms with Gasteiger partial charge in [-0.05, 0) is 31.2 Å². The number of nitrogens with one attached hydrogen (secondary N) is 1. The lowest BCUT2D eigenvalue weighted by atomic mass is 10.1. The summed E-state index contributed by atoms with van der Waals surface area (Å²) in [6.45, 7) is 4.91. The summed E-state index contributed by atoms with van der Waals surface area (Å²) in [5.74, 6) is -0.571. The molecule has 2 aromatic rings. The zero-order chi connectivity index (χ0) is 24.3. The van der Waals surface area contributed by atoms with E-state index in [-0.39, 0.29) is 29.2 Å². The van der Waals surface area contributed by atoms with E-state index in [1.165, 1.54) is 34.6 Å². The zero-order valence-electron chi connectivity index (χ0n) is 18.7. The molecule has 0 saturated carbocycles. The van der Waals surface area contributed by atoms with Crippen molar-refractivity contribution < 1.29 is 27.6 Å². The molecule has 2 saturated heterocycles. The molecular weight excluding hydrogens is 464 g/mol. The van der Waals surface area contributed by atoms with Crippen LogP contribution in [0, 0.1) is 17.0 Å². The largest absolute Gasteiger partial charge is 0.379 e. The number of nitro groups is 1. The molecule has 4 rings (SSSR count). The van der Waals surface area contributed by atoms with Crippen LogP contribution in [0.15, 0.2) is 41.3 Å². The molecule has 2 aromatic carbocycles. The Morgan fingerprint density at radius 1 is 1.00 bits per heavy atom. The Morgan fingerprint density at radius 2 is 1.65 bits per heavy atom. The summed E-state index contributed by atoms with van der Waals surface area (Å²) in [7, 11) is -3.79. The highest BCUT2D eigenvalue weighted by molar-refractivity contribution is 7.89. The smallest absolute Gasteiger partial charge is 0.273 e. The third-order valence-electron chi connectivity index (χ3n) is 5.84. The third kappa shape index (κ3) is 5.04. The van der Waals surface area contributed by atoms with E-state index in [1.807, 2.05) is 4.90 Å². The maximum Gasteiger partial charge on any atom is 0.273 e. The summed E-state index contributed by atoms with van der Waals surface area (Å²) in [5, 5.41) is 14.1. The van der Waals surface area contributed by atoms with Crippen molar-refractivity contribution in [2.75, 3.05) is 62.8 Å². The standard InChI is InChI=1S/C22H26N4O7S/c1-16-2-3-17(14-21(16)26(28)29)22(27)23-19-15-18(34(30,31)25-8-12-33-13-9-25)4-5-20(19)24-6-10-32-11-7-24/h2-5,14-15H,6-13H2,1H3,(H,23,27). The average Bonchev–Trinajstić information content (AvgIpc) is 2.85. The summed E-state index contributed by atoms with van der Waals surface area (Å²) < 4.78 is 38.4. The molecule has 0 unspecified atom stereocenters. The third-order valence-corrected chi connectivity index (χ3v) is 7.74. The van der Waals surface area contributed by atoms with Gasteiger partial charge in [0.05, 0.1) is 47.6 Å². The SMILES string of the molecule is Cc1ccc(C(=O)Nc2cc(S(=O)(=O)N3CCOCC3)ccc2N2CCOCC2)cc1[N+](=O)[O-]. The molecule has 0 bridgehead atoms. The van der Waals surface area contributed by atoms with Crippen molar-refractivity contribution in [3.63, 3.8) is 0 Å². The van der Waals surface area contributed by atoms with E-state index in [2.05, 4.69) is 5.32 Å². The van der Waals surface area contributed by atoms with Crippen LogP contribution in [0.4, 0.5) is 17.1 Å². The number of nitrogens with zero attached hydrogens (tertiary/aromatic N) is 3. The van der Waals surface area contributed by atoms with Gasteiger partial charge < -0.3 is 19.7 Å². The normalized spacial score (nSPS) is 17.4. The molecule has 1 N–H and O–H groups in total. The number of carbonyl (C=O) groups is 1. The topological polar surface area (TPSA) is 131 Å². The van der Waals surface area contributed by atoms with Crippen molar-refractivity contribution in [3.05, 3.63) is 57.6 Å². The van der Waals surface area contributed by atoms with Crippen LogP contribution >= 0.6 is 0 Å². The van der Waals surface area contributed by atoms with Gasteiger partial charge in [0.25, 0.3) is 11.6 Å². The molecule has 2 aliphatic heterocycles. The van der Waals surface area contributed by atoms with Gasteiger partial charge in [0.1, 0.15) is 0 Å². The minimum atomic E-state index is -3.79. The molecule has 0 atom stereocenters. The summed E-state index contributed by atoms with van der Waals surface area (Å²) in [6, 6.07) is 8.87. The number of nitro benzene ring substituents is 1. The van der Waals surface area contributed by atoms with Crippen molar-refractivity contribution in [1.82, 2.24) is 4.31 Å². The van der Waals surface area contributed by atoms with Gasteiger partial charge in [-0.3, -0.25) is 14.9 Å². The Labute approximate surface area is 197 Å². The van der Waals surface area contributed by atoms with Gasteiger partial charge in [0.15, 0.2) is 0 Å². The number of aryl methyl sites for hydroxylation is 1. The Morgan fingerprint density at radius 3 is 2.29 bits per heavy atom. The van der Waals surface area contributed by atoms with Crippen LogP contribution in [0.3, 0.4) is 0 Å². The molecular formula is C22H26N4O7S. The van der Waals surface area contributed by atoms with Crippen LogP contribution in [-0.2, 0) is 19.5 Å². The monoisotopic (exact) mass is 490 g/mol. The lowest BCUT2D eigenvalue weighted by Crippen LogP contribution is -2.40. The number of sulfonamides is 1. The second kappa shape index (κ2) is 10.1. The molecule has 0 spiro atoms. The Kier molecular flexibility index (Phi) is 7.12. The lowest BCUT2D eigenvalue weighted by Gasteiger charge is -2.31. The molecule has 1 amide bonds. The number of rotatable bonds is 6. The summed E-state index contributed by atoms with van der Waals surface area (Å²) in [6.07, 6.45) is 0. The Hall–Kier alpha value is -3.06. The summed E-state index contributed by atoms with van der Waals surface area (Å²) in [5.41, 5.74) is 1.34. The van der Waals surface area contributed by atoms with E-state index >= 15 is 0 Å². The quantitative estimate of drug-likeness (QED) is 0.481. The minimum Gasteiger partial charge on any atom is -0.379 e. The van der Waals surface area contributed by atoms with Gasteiger partial charge in [-0.25, -0.2) is 8.42 Å². The van der Waals surface area contributed by atoms with E-state index in [0.29, 0.717) is 56.5 Å². The number of amides is 1. The number of carbonyl (C=O) groups excluding carboxylic acids is 1. The molecule has 2 heterocycles. The van der Waals surface area contributed by atoms with Crippen LogP contribution in [0.1, 0.15) is 15.9 Å². The first-order valence-electron chi connectivity index (χ1n) is 10.9. The van der Waals surface area contributed by atoms with Gasteiger partial charge in [-0.1, -0.05) is 6.07 Å². The second-order valence-corrected chi connectivity index (χ2v) is 9.95. The molecule has 0 radical (unpaired) electrons. The van der Waals surface area contributed by atoms with E-state index in [1.54, 1.807) is 13.0 Å². The highest BCUT2D eigenvalue weighted by Crippen LogP contribution is 2.32.